The minimum absolute atomic E-state index is 0.0239. The molecular weight excluding hydrogens is 268 g/mol. The maximum Gasteiger partial charge on any atom is 0.249 e. The van der Waals surface area contributed by atoms with Crippen LogP contribution in [0.4, 0.5) is 5.69 Å². The van der Waals surface area contributed by atoms with E-state index in [-0.39, 0.29) is 24.2 Å². The van der Waals surface area contributed by atoms with Crippen molar-refractivity contribution in [1.82, 2.24) is 5.32 Å². The predicted octanol–water partition coefficient (Wildman–Crippen LogP) is 1.32. The third kappa shape index (κ3) is 3.82. The Hall–Kier alpha value is -1.88. The molecule has 5 nitrogen and oxygen atoms in total. The first kappa shape index (κ1) is 15.5. The van der Waals surface area contributed by atoms with Crippen LogP contribution in [-0.2, 0) is 9.59 Å². The monoisotopic (exact) mass is 290 g/mol. The predicted molar refractivity (Wildman–Crippen MR) is 80.8 cm³/mol. The number of amides is 2. The molecule has 1 aromatic rings. The third-order valence-electron chi connectivity index (χ3n) is 3.77. The van der Waals surface area contributed by atoms with Gasteiger partial charge in [0.1, 0.15) is 6.04 Å². The smallest absolute Gasteiger partial charge is 0.249 e. The number of carbonyl (C=O) groups excluding carboxylic acids is 2. The Bertz CT molecular complexity index is 502. The molecule has 0 radical (unpaired) electrons. The van der Waals surface area contributed by atoms with Crippen molar-refractivity contribution in [2.45, 2.75) is 38.8 Å². The number of para-hydroxylation sites is 1. The fourth-order valence-electron chi connectivity index (χ4n) is 2.36. The van der Waals surface area contributed by atoms with Gasteiger partial charge >= 0.3 is 0 Å². The number of rotatable bonds is 5. The number of aliphatic hydroxyl groups is 1. The lowest BCUT2D eigenvalue weighted by Crippen LogP contribution is -2.42. The largest absolute Gasteiger partial charge is 0.392 e. The van der Waals surface area contributed by atoms with Crippen LogP contribution in [0.25, 0.3) is 0 Å². The van der Waals surface area contributed by atoms with Gasteiger partial charge in [-0.05, 0) is 24.5 Å². The summed E-state index contributed by atoms with van der Waals surface area (Å²) >= 11 is 0. The lowest BCUT2D eigenvalue weighted by Gasteiger charge is -2.18. The van der Waals surface area contributed by atoms with Gasteiger partial charge in [0, 0.05) is 12.2 Å². The number of hydrogen-bond acceptors (Lipinski definition) is 3. The molecule has 2 rings (SSSR count). The molecule has 2 amide bonds. The summed E-state index contributed by atoms with van der Waals surface area (Å²) in [4.78, 5) is 25.9. The summed E-state index contributed by atoms with van der Waals surface area (Å²) in [6.07, 6.45) is -0.0453. The van der Waals surface area contributed by atoms with E-state index in [4.69, 9.17) is 0 Å². The summed E-state index contributed by atoms with van der Waals surface area (Å²) < 4.78 is 0. The van der Waals surface area contributed by atoms with Crippen molar-refractivity contribution in [3.8, 4) is 0 Å². The standard InChI is InChI=1S/C16H22N2O3/c1-11(2)14(19)10-15(20)17-13-8-9-18(16(13)21)12-6-4-3-5-7-12/h3-7,11,13-14,19H,8-10H2,1-2H3,(H,17,20). The fourth-order valence-corrected chi connectivity index (χ4v) is 2.36. The number of nitrogens with one attached hydrogen (secondary N) is 1. The first-order valence-corrected chi connectivity index (χ1v) is 7.33. The van der Waals surface area contributed by atoms with Gasteiger partial charge in [-0.2, -0.15) is 0 Å². The van der Waals surface area contributed by atoms with Crippen LogP contribution in [0.2, 0.25) is 0 Å². The van der Waals surface area contributed by atoms with E-state index >= 15 is 0 Å². The van der Waals surface area contributed by atoms with E-state index in [1.807, 2.05) is 44.2 Å². The molecule has 0 aliphatic carbocycles. The maximum atomic E-state index is 12.3. The number of nitrogens with zero attached hydrogens (tertiary/aromatic N) is 1. The van der Waals surface area contributed by atoms with Crippen molar-refractivity contribution in [2.75, 3.05) is 11.4 Å². The molecule has 21 heavy (non-hydrogen) atoms. The summed E-state index contributed by atoms with van der Waals surface area (Å²) in [5.74, 6) is -0.339. The molecular formula is C16H22N2O3. The van der Waals surface area contributed by atoms with E-state index < -0.39 is 12.1 Å². The normalized spacial score (nSPS) is 19.9. The van der Waals surface area contributed by atoms with Gasteiger partial charge in [-0.25, -0.2) is 0 Å². The lowest BCUT2D eigenvalue weighted by atomic mass is 10.0. The van der Waals surface area contributed by atoms with Crippen molar-refractivity contribution >= 4 is 17.5 Å². The van der Waals surface area contributed by atoms with Crippen LogP contribution in [0.15, 0.2) is 30.3 Å². The summed E-state index contributed by atoms with van der Waals surface area (Å²) in [6, 6.07) is 8.93. The van der Waals surface area contributed by atoms with E-state index in [9.17, 15) is 14.7 Å². The molecule has 0 bridgehead atoms. The highest BCUT2D eigenvalue weighted by Gasteiger charge is 2.33. The van der Waals surface area contributed by atoms with Crippen molar-refractivity contribution in [3.63, 3.8) is 0 Å². The van der Waals surface area contributed by atoms with E-state index in [1.54, 1.807) is 4.90 Å². The summed E-state index contributed by atoms with van der Waals surface area (Å²) in [6.45, 7) is 4.31. The van der Waals surface area contributed by atoms with E-state index in [1.165, 1.54) is 0 Å². The van der Waals surface area contributed by atoms with E-state index in [2.05, 4.69) is 5.32 Å². The minimum atomic E-state index is -0.674. The van der Waals surface area contributed by atoms with Gasteiger partial charge in [0.15, 0.2) is 0 Å². The van der Waals surface area contributed by atoms with Crippen molar-refractivity contribution in [1.29, 1.82) is 0 Å². The summed E-state index contributed by atoms with van der Waals surface area (Å²) in [7, 11) is 0. The fraction of sp³-hybridized carbons (Fsp3) is 0.500. The van der Waals surface area contributed by atoms with Crippen LogP contribution in [0.1, 0.15) is 26.7 Å². The Morgan fingerprint density at radius 2 is 2.05 bits per heavy atom. The molecule has 1 fully saturated rings. The number of anilines is 1. The van der Waals surface area contributed by atoms with Crippen LogP contribution in [0.5, 0.6) is 0 Å². The first-order chi connectivity index (χ1) is 9.99. The van der Waals surface area contributed by atoms with Crippen LogP contribution in [0, 0.1) is 5.92 Å². The number of benzene rings is 1. The van der Waals surface area contributed by atoms with Crippen LogP contribution in [-0.4, -0.2) is 35.6 Å². The highest BCUT2D eigenvalue weighted by molar-refractivity contribution is 6.01. The van der Waals surface area contributed by atoms with Crippen molar-refractivity contribution < 1.29 is 14.7 Å². The number of aliphatic hydroxyl groups excluding tert-OH is 1. The van der Waals surface area contributed by atoms with Gasteiger partial charge in [0.05, 0.1) is 12.5 Å². The van der Waals surface area contributed by atoms with Crippen molar-refractivity contribution in [2.24, 2.45) is 5.92 Å². The molecule has 5 heteroatoms. The molecule has 114 valence electrons. The second-order valence-electron chi connectivity index (χ2n) is 5.75. The Kier molecular flexibility index (Phi) is 4.96. The molecule has 2 N–H and O–H groups in total. The maximum absolute atomic E-state index is 12.3. The molecule has 1 heterocycles. The molecule has 1 aromatic carbocycles. The zero-order valence-corrected chi connectivity index (χ0v) is 12.5. The Labute approximate surface area is 125 Å². The molecule has 1 saturated heterocycles. The molecule has 0 saturated carbocycles. The molecule has 1 aliphatic rings. The van der Waals surface area contributed by atoms with Crippen LogP contribution in [0.3, 0.4) is 0 Å². The second kappa shape index (κ2) is 6.72. The zero-order chi connectivity index (χ0) is 15.4. The van der Waals surface area contributed by atoms with Crippen LogP contribution < -0.4 is 10.2 Å². The summed E-state index contributed by atoms with van der Waals surface area (Å²) in [5, 5.41) is 12.4. The Balaban J connectivity index is 1.92. The topological polar surface area (TPSA) is 69.6 Å². The SMILES string of the molecule is CC(C)C(O)CC(=O)NC1CCN(c2ccccc2)C1=O. The average molecular weight is 290 g/mol. The average Bonchev–Trinajstić information content (AvgIpc) is 2.81. The third-order valence-corrected chi connectivity index (χ3v) is 3.77. The van der Waals surface area contributed by atoms with Crippen LogP contribution >= 0.6 is 0 Å². The van der Waals surface area contributed by atoms with E-state index in [0.717, 1.165) is 5.69 Å². The summed E-state index contributed by atoms with van der Waals surface area (Å²) in [5.41, 5.74) is 0.849. The highest BCUT2D eigenvalue weighted by Crippen LogP contribution is 2.21. The Morgan fingerprint density at radius 1 is 1.38 bits per heavy atom. The Morgan fingerprint density at radius 3 is 2.67 bits per heavy atom. The highest BCUT2D eigenvalue weighted by atomic mass is 16.3. The van der Waals surface area contributed by atoms with Gasteiger partial charge < -0.3 is 15.3 Å². The van der Waals surface area contributed by atoms with Gasteiger partial charge in [-0.3, -0.25) is 9.59 Å². The second-order valence-corrected chi connectivity index (χ2v) is 5.75. The van der Waals surface area contributed by atoms with Gasteiger partial charge in [-0.15, -0.1) is 0 Å². The number of carbonyl (C=O) groups is 2. The minimum Gasteiger partial charge on any atom is -0.392 e. The molecule has 2 unspecified atom stereocenters. The molecule has 0 aromatic heterocycles. The van der Waals surface area contributed by atoms with Gasteiger partial charge in [0.25, 0.3) is 0 Å². The molecule has 0 spiro atoms. The van der Waals surface area contributed by atoms with Gasteiger partial charge in [0.2, 0.25) is 11.8 Å². The first-order valence-electron chi connectivity index (χ1n) is 7.33. The van der Waals surface area contributed by atoms with Gasteiger partial charge in [-0.1, -0.05) is 32.0 Å². The van der Waals surface area contributed by atoms with Crippen molar-refractivity contribution in [3.05, 3.63) is 30.3 Å². The quantitative estimate of drug-likeness (QED) is 0.859. The molecule has 2 atom stereocenters. The lowest BCUT2D eigenvalue weighted by molar-refractivity contribution is -0.128. The van der Waals surface area contributed by atoms with E-state index in [0.29, 0.717) is 13.0 Å². The zero-order valence-electron chi connectivity index (χ0n) is 12.5. The number of hydrogen-bond donors (Lipinski definition) is 2. The molecule has 1 aliphatic heterocycles.